The van der Waals surface area contributed by atoms with Crippen molar-refractivity contribution in [2.24, 2.45) is 0 Å². The maximum atomic E-state index is 13.5. The fourth-order valence-corrected chi connectivity index (χ4v) is 6.97. The second-order valence-corrected chi connectivity index (χ2v) is 13.0. The number of likely N-dealkylation sites (tertiary alicyclic amines) is 1. The number of nitrogens with one attached hydrogen (secondary N) is 2. The lowest BCUT2D eigenvalue weighted by Gasteiger charge is -2.31. The molecule has 0 radical (unpaired) electrons. The fourth-order valence-electron chi connectivity index (χ4n) is 5.69. The number of alkyl halides is 1. The lowest BCUT2D eigenvalue weighted by molar-refractivity contribution is 0.132. The molecule has 13 heteroatoms. The Morgan fingerprint density at radius 1 is 1.00 bits per heavy atom. The number of hydrogen-bond acceptors (Lipinski definition) is 8. The zero-order valence-corrected chi connectivity index (χ0v) is 26.4. The van der Waals surface area contributed by atoms with Gasteiger partial charge in [0.25, 0.3) is 0 Å². The number of anilines is 2. The SMILES string of the molecule is Cc1ccc2c(NS(=O)(=O)Cc3ccccc3CF)cccc2c1Oc1ncccc1-c1ccnc(NC2CCCN(C(=O)O)C2)n1. The molecule has 1 aliphatic rings. The number of carboxylic acid groups (broad SMARTS) is 1. The van der Waals surface area contributed by atoms with Gasteiger partial charge in [-0.25, -0.2) is 32.6 Å². The minimum Gasteiger partial charge on any atom is -0.465 e. The average molecular weight is 657 g/mol. The van der Waals surface area contributed by atoms with Gasteiger partial charge in [0.05, 0.1) is 22.7 Å². The largest absolute Gasteiger partial charge is 0.465 e. The Balaban J connectivity index is 1.28. The number of pyridine rings is 1. The molecule has 5 aromatic rings. The minimum absolute atomic E-state index is 0.122. The molecule has 0 bridgehead atoms. The fraction of sp³-hybridized carbons (Fsp3) is 0.235. The number of halogens is 1. The number of sulfonamides is 1. The van der Waals surface area contributed by atoms with Crippen LogP contribution in [0.1, 0.15) is 29.5 Å². The number of benzene rings is 3. The van der Waals surface area contributed by atoms with Crippen LogP contribution < -0.4 is 14.8 Å². The molecule has 0 saturated carbocycles. The predicted octanol–water partition coefficient (Wildman–Crippen LogP) is 6.76. The molecular weight excluding hydrogens is 623 g/mol. The molecule has 242 valence electrons. The van der Waals surface area contributed by atoms with Gasteiger partial charge >= 0.3 is 6.09 Å². The first-order chi connectivity index (χ1) is 22.7. The molecule has 6 rings (SSSR count). The van der Waals surface area contributed by atoms with Crippen LogP contribution in [0.4, 0.5) is 20.8 Å². The number of ether oxygens (including phenoxy) is 1. The van der Waals surface area contributed by atoms with E-state index in [1.807, 2.05) is 31.2 Å². The second kappa shape index (κ2) is 13.6. The first-order valence-electron chi connectivity index (χ1n) is 15.1. The summed E-state index contributed by atoms with van der Waals surface area (Å²) >= 11 is 0. The van der Waals surface area contributed by atoms with E-state index in [1.165, 1.54) is 4.90 Å². The minimum atomic E-state index is -3.88. The number of fused-ring (bicyclic) bond motifs is 1. The molecule has 1 aliphatic heterocycles. The molecule has 3 aromatic carbocycles. The summed E-state index contributed by atoms with van der Waals surface area (Å²) in [4.78, 5) is 26.4. The van der Waals surface area contributed by atoms with Crippen LogP contribution in [0.2, 0.25) is 0 Å². The van der Waals surface area contributed by atoms with Gasteiger partial charge in [0.15, 0.2) is 0 Å². The van der Waals surface area contributed by atoms with Crippen molar-refractivity contribution in [2.45, 2.75) is 38.2 Å². The Morgan fingerprint density at radius 3 is 2.64 bits per heavy atom. The molecule has 0 aliphatic carbocycles. The third kappa shape index (κ3) is 7.25. The van der Waals surface area contributed by atoms with Gasteiger partial charge in [-0.1, -0.05) is 48.5 Å². The number of rotatable bonds is 10. The number of carbonyl (C=O) groups is 1. The van der Waals surface area contributed by atoms with E-state index >= 15 is 0 Å². The number of aromatic nitrogens is 3. The first-order valence-corrected chi connectivity index (χ1v) is 16.7. The number of piperidine rings is 1. The van der Waals surface area contributed by atoms with Crippen LogP contribution in [0.3, 0.4) is 0 Å². The van der Waals surface area contributed by atoms with Gasteiger partial charge in [-0.2, -0.15) is 0 Å². The quantitative estimate of drug-likeness (QED) is 0.148. The van der Waals surface area contributed by atoms with Crippen molar-refractivity contribution in [1.82, 2.24) is 19.9 Å². The Bertz CT molecular complexity index is 2040. The molecule has 3 heterocycles. The lowest BCUT2D eigenvalue weighted by Crippen LogP contribution is -2.44. The van der Waals surface area contributed by atoms with E-state index in [0.29, 0.717) is 63.6 Å². The van der Waals surface area contributed by atoms with E-state index in [4.69, 9.17) is 4.74 Å². The summed E-state index contributed by atoms with van der Waals surface area (Å²) in [5.41, 5.74) is 3.05. The monoisotopic (exact) mass is 656 g/mol. The number of hydrogen-bond donors (Lipinski definition) is 3. The molecule has 1 fully saturated rings. The average Bonchev–Trinajstić information content (AvgIpc) is 3.06. The second-order valence-electron chi connectivity index (χ2n) is 11.3. The molecule has 11 nitrogen and oxygen atoms in total. The van der Waals surface area contributed by atoms with Crippen LogP contribution in [-0.4, -0.2) is 58.6 Å². The van der Waals surface area contributed by atoms with Crippen LogP contribution in [0.5, 0.6) is 11.6 Å². The molecule has 47 heavy (non-hydrogen) atoms. The van der Waals surface area contributed by atoms with E-state index < -0.39 is 22.8 Å². The molecule has 1 atom stereocenters. The zero-order chi connectivity index (χ0) is 33.0. The van der Waals surface area contributed by atoms with Gasteiger partial charge in [0, 0.05) is 42.3 Å². The van der Waals surface area contributed by atoms with Crippen LogP contribution in [0.25, 0.3) is 22.0 Å². The van der Waals surface area contributed by atoms with Crippen molar-refractivity contribution >= 4 is 38.5 Å². The topological polar surface area (TPSA) is 147 Å². The van der Waals surface area contributed by atoms with Crippen LogP contribution in [0.15, 0.2) is 85.2 Å². The van der Waals surface area contributed by atoms with Crippen molar-refractivity contribution in [1.29, 1.82) is 0 Å². The maximum absolute atomic E-state index is 13.5. The number of aryl methyl sites for hydroxylation is 1. The Labute approximate surface area is 271 Å². The highest BCUT2D eigenvalue weighted by atomic mass is 32.2. The van der Waals surface area contributed by atoms with Gasteiger partial charge in [-0.15, -0.1) is 0 Å². The van der Waals surface area contributed by atoms with Crippen LogP contribution in [-0.2, 0) is 22.5 Å². The number of nitrogens with zero attached hydrogens (tertiary/aromatic N) is 4. The molecule has 0 spiro atoms. The highest BCUT2D eigenvalue weighted by molar-refractivity contribution is 7.91. The summed E-state index contributed by atoms with van der Waals surface area (Å²) < 4.78 is 49.0. The van der Waals surface area contributed by atoms with E-state index in [9.17, 15) is 22.7 Å². The lowest BCUT2D eigenvalue weighted by atomic mass is 10.0. The maximum Gasteiger partial charge on any atom is 0.407 e. The standard InChI is InChI=1S/C34H33FN6O5S/c1-22-13-14-26-27(10-4-12-30(26)40-47(44,45)21-24-8-3-2-7-23(24)19-35)31(22)46-32-28(11-5-16-36-32)29-15-17-37-33(39-29)38-25-9-6-18-41(20-25)34(42)43/h2-5,7-8,10-17,25,40H,6,9,18-21H2,1H3,(H,42,43)(H,37,38,39). The summed E-state index contributed by atoms with van der Waals surface area (Å²) in [6.45, 7) is 1.97. The summed E-state index contributed by atoms with van der Waals surface area (Å²) in [5, 5.41) is 13.9. The Hall–Kier alpha value is -5.30. The highest BCUT2D eigenvalue weighted by Gasteiger charge is 2.24. The van der Waals surface area contributed by atoms with Gasteiger partial charge in [0.2, 0.25) is 21.9 Å². The first kappa shape index (κ1) is 31.7. The third-order valence-corrected chi connectivity index (χ3v) is 9.23. The molecule has 1 amide bonds. The normalized spacial score (nSPS) is 14.9. The van der Waals surface area contributed by atoms with Gasteiger partial charge in [-0.05, 0) is 60.7 Å². The summed E-state index contributed by atoms with van der Waals surface area (Å²) in [6, 6.07) is 20.7. The van der Waals surface area contributed by atoms with Gasteiger partial charge < -0.3 is 20.1 Å². The molecule has 2 aromatic heterocycles. The van der Waals surface area contributed by atoms with Crippen molar-refractivity contribution in [3.8, 4) is 22.9 Å². The van der Waals surface area contributed by atoms with E-state index in [1.54, 1.807) is 60.9 Å². The van der Waals surface area contributed by atoms with E-state index in [2.05, 4.69) is 25.0 Å². The van der Waals surface area contributed by atoms with Crippen LogP contribution >= 0.6 is 0 Å². The smallest absolute Gasteiger partial charge is 0.407 e. The third-order valence-electron chi connectivity index (χ3n) is 8.01. The Kier molecular flexibility index (Phi) is 9.16. The zero-order valence-electron chi connectivity index (χ0n) is 25.6. The van der Waals surface area contributed by atoms with Crippen molar-refractivity contribution in [3.05, 3.63) is 102 Å². The van der Waals surface area contributed by atoms with Crippen LogP contribution in [0, 0.1) is 6.92 Å². The number of amides is 1. The molecular formula is C34H33FN6O5S. The van der Waals surface area contributed by atoms with Crippen molar-refractivity contribution in [3.63, 3.8) is 0 Å². The summed E-state index contributed by atoms with van der Waals surface area (Å²) in [7, 11) is -3.88. The summed E-state index contributed by atoms with van der Waals surface area (Å²) in [5.74, 6) is 0.775. The van der Waals surface area contributed by atoms with E-state index in [-0.39, 0.29) is 17.7 Å². The van der Waals surface area contributed by atoms with Crippen molar-refractivity contribution in [2.75, 3.05) is 23.1 Å². The van der Waals surface area contributed by atoms with Crippen molar-refractivity contribution < 1.29 is 27.4 Å². The van der Waals surface area contributed by atoms with E-state index in [0.717, 1.165) is 18.4 Å². The summed E-state index contributed by atoms with van der Waals surface area (Å²) in [6.07, 6.45) is 3.81. The Morgan fingerprint density at radius 2 is 1.83 bits per heavy atom. The van der Waals surface area contributed by atoms with Gasteiger partial charge in [0.1, 0.15) is 12.4 Å². The predicted molar refractivity (Wildman–Crippen MR) is 178 cm³/mol. The molecule has 1 unspecified atom stereocenters. The highest BCUT2D eigenvalue weighted by Crippen LogP contribution is 2.39. The molecule has 3 N–H and O–H groups in total. The van der Waals surface area contributed by atoms with Gasteiger partial charge in [-0.3, -0.25) is 4.72 Å². The molecule has 1 saturated heterocycles.